The van der Waals surface area contributed by atoms with Gasteiger partial charge >= 0.3 is 0 Å². The first-order chi connectivity index (χ1) is 15.5. The number of carbonyl (C=O) groups is 1. The summed E-state index contributed by atoms with van der Waals surface area (Å²) in [6, 6.07) is 15.7. The van der Waals surface area contributed by atoms with Gasteiger partial charge in [-0.15, -0.1) is 6.58 Å². The number of ether oxygens (including phenoxy) is 1. The van der Waals surface area contributed by atoms with Crippen molar-refractivity contribution in [2.24, 2.45) is 7.05 Å². The molecule has 1 atom stereocenters. The number of hydrogen-bond acceptors (Lipinski definition) is 5. The highest BCUT2D eigenvalue weighted by molar-refractivity contribution is 7.99. The summed E-state index contributed by atoms with van der Waals surface area (Å²) >= 11 is 1.40. The van der Waals surface area contributed by atoms with E-state index < -0.39 is 5.92 Å². The molecule has 1 unspecified atom stereocenters. The van der Waals surface area contributed by atoms with Crippen LogP contribution in [0.15, 0.2) is 71.1 Å². The van der Waals surface area contributed by atoms with Gasteiger partial charge in [0.25, 0.3) is 5.56 Å². The van der Waals surface area contributed by atoms with Crippen molar-refractivity contribution in [3.8, 4) is 5.75 Å². The molecule has 0 spiro atoms. The van der Waals surface area contributed by atoms with E-state index in [1.54, 1.807) is 17.7 Å². The van der Waals surface area contributed by atoms with Crippen LogP contribution in [-0.4, -0.2) is 21.2 Å². The van der Waals surface area contributed by atoms with Gasteiger partial charge in [0.05, 0.1) is 5.56 Å². The van der Waals surface area contributed by atoms with Gasteiger partial charge in [-0.05, 0) is 18.6 Å². The van der Waals surface area contributed by atoms with E-state index in [9.17, 15) is 9.59 Å². The second kappa shape index (κ2) is 9.44. The predicted octanol–water partition coefficient (Wildman–Crippen LogP) is 4.42. The Bertz CT molecular complexity index is 1220. The van der Waals surface area contributed by atoms with Gasteiger partial charge in [-0.1, -0.05) is 65.9 Å². The number of anilines is 1. The van der Waals surface area contributed by atoms with Crippen LogP contribution in [0.5, 0.6) is 5.75 Å². The molecule has 32 heavy (non-hydrogen) atoms. The third kappa shape index (κ3) is 4.48. The van der Waals surface area contributed by atoms with Crippen LogP contribution >= 0.6 is 11.8 Å². The number of amides is 1. The number of thioether (sulfide) groups is 1. The molecular formula is C25H25N3O3S. The average molecular weight is 448 g/mol. The van der Waals surface area contributed by atoms with E-state index in [1.165, 1.54) is 17.3 Å². The fourth-order valence-electron chi connectivity index (χ4n) is 3.81. The Labute approximate surface area is 191 Å². The summed E-state index contributed by atoms with van der Waals surface area (Å²) in [7, 11) is 1.80. The number of benzene rings is 2. The van der Waals surface area contributed by atoms with Gasteiger partial charge in [-0.25, -0.2) is 0 Å². The highest BCUT2D eigenvalue weighted by Crippen LogP contribution is 2.39. The van der Waals surface area contributed by atoms with Gasteiger partial charge in [0.1, 0.15) is 18.2 Å². The standard InChI is InChI=1S/C25H25N3O3S/c1-4-13-32-25-27-24(30)22-19(14-21(29)26-23(22)28(25)3)18-7-5-6-8-20(18)31-15-17-11-9-16(2)10-12-17/h4-12,19H,1,13-15H2,2-3H3,(H,26,29). The number of aryl methyl sites for hydroxylation is 1. The molecule has 1 N–H and O–H groups in total. The van der Waals surface area contributed by atoms with E-state index in [2.05, 4.69) is 16.9 Å². The van der Waals surface area contributed by atoms with Crippen LogP contribution in [-0.2, 0) is 18.4 Å². The summed E-state index contributed by atoms with van der Waals surface area (Å²) in [6.07, 6.45) is 1.91. The Morgan fingerprint density at radius 1 is 1.22 bits per heavy atom. The molecule has 2 aromatic carbocycles. The van der Waals surface area contributed by atoms with Gasteiger partial charge in [-0.2, -0.15) is 4.98 Å². The second-order valence-corrected chi connectivity index (χ2v) is 8.72. The second-order valence-electron chi connectivity index (χ2n) is 7.74. The summed E-state index contributed by atoms with van der Waals surface area (Å²) in [5.74, 6) is 1.19. The Morgan fingerprint density at radius 2 is 1.97 bits per heavy atom. The van der Waals surface area contributed by atoms with Crippen molar-refractivity contribution in [1.82, 2.24) is 9.55 Å². The molecule has 0 fully saturated rings. The lowest BCUT2D eigenvalue weighted by Gasteiger charge is -2.28. The van der Waals surface area contributed by atoms with Crippen LogP contribution in [0, 0.1) is 6.92 Å². The van der Waals surface area contributed by atoms with Crippen LogP contribution < -0.4 is 15.6 Å². The molecule has 0 bridgehead atoms. The first-order valence-corrected chi connectivity index (χ1v) is 11.4. The molecule has 164 valence electrons. The molecule has 1 aromatic heterocycles. The topological polar surface area (TPSA) is 73.2 Å². The predicted molar refractivity (Wildman–Crippen MR) is 127 cm³/mol. The van der Waals surface area contributed by atoms with Gasteiger partial charge < -0.3 is 14.6 Å². The Hall–Kier alpha value is -3.32. The third-order valence-electron chi connectivity index (χ3n) is 5.44. The fourth-order valence-corrected chi connectivity index (χ4v) is 4.51. The van der Waals surface area contributed by atoms with E-state index in [-0.39, 0.29) is 17.9 Å². The first kappa shape index (κ1) is 21.9. The average Bonchev–Trinajstić information content (AvgIpc) is 2.79. The molecule has 0 saturated carbocycles. The maximum Gasteiger partial charge on any atom is 0.279 e. The van der Waals surface area contributed by atoms with Crippen LogP contribution in [0.2, 0.25) is 0 Å². The van der Waals surface area contributed by atoms with Crippen LogP contribution in [0.4, 0.5) is 5.82 Å². The summed E-state index contributed by atoms with van der Waals surface area (Å²) in [5.41, 5.74) is 3.20. The zero-order chi connectivity index (χ0) is 22.7. The van der Waals surface area contributed by atoms with E-state index in [4.69, 9.17) is 4.74 Å². The SMILES string of the molecule is C=CCSc1nc(=O)c2c(n1C)NC(=O)CC2c1ccccc1OCc1ccc(C)cc1. The zero-order valence-electron chi connectivity index (χ0n) is 18.1. The molecule has 0 aliphatic carbocycles. The van der Waals surface area contributed by atoms with Crippen LogP contribution in [0.1, 0.15) is 34.6 Å². The summed E-state index contributed by atoms with van der Waals surface area (Å²) in [6.45, 7) is 6.16. The van der Waals surface area contributed by atoms with Crippen molar-refractivity contribution >= 4 is 23.5 Å². The highest BCUT2D eigenvalue weighted by atomic mass is 32.2. The third-order valence-corrected chi connectivity index (χ3v) is 6.47. The molecule has 1 amide bonds. The molecule has 1 aliphatic heterocycles. The van der Waals surface area contributed by atoms with Crippen molar-refractivity contribution in [3.63, 3.8) is 0 Å². The fraction of sp³-hybridized carbons (Fsp3) is 0.240. The first-order valence-electron chi connectivity index (χ1n) is 10.4. The van der Waals surface area contributed by atoms with Gasteiger partial charge in [-0.3, -0.25) is 9.59 Å². The number of hydrogen-bond donors (Lipinski definition) is 1. The maximum absolute atomic E-state index is 13.1. The van der Waals surface area contributed by atoms with E-state index in [1.807, 2.05) is 55.5 Å². The lowest BCUT2D eigenvalue weighted by Crippen LogP contribution is -2.33. The molecule has 1 aliphatic rings. The van der Waals surface area contributed by atoms with Gasteiger partial charge in [0, 0.05) is 30.7 Å². The largest absolute Gasteiger partial charge is 0.489 e. The minimum Gasteiger partial charge on any atom is -0.489 e. The van der Waals surface area contributed by atoms with Crippen molar-refractivity contribution in [2.75, 3.05) is 11.1 Å². The number of carbonyl (C=O) groups excluding carboxylic acids is 1. The highest BCUT2D eigenvalue weighted by Gasteiger charge is 2.33. The summed E-state index contributed by atoms with van der Waals surface area (Å²) < 4.78 is 7.91. The van der Waals surface area contributed by atoms with Gasteiger partial charge in [0.15, 0.2) is 5.16 Å². The number of nitrogens with zero attached hydrogens (tertiary/aromatic N) is 2. The van der Waals surface area contributed by atoms with Crippen molar-refractivity contribution in [2.45, 2.75) is 31.0 Å². The van der Waals surface area contributed by atoms with Crippen LogP contribution in [0.25, 0.3) is 0 Å². The Balaban J connectivity index is 1.72. The molecule has 0 saturated heterocycles. The number of rotatable bonds is 7. The number of para-hydroxylation sites is 1. The van der Waals surface area contributed by atoms with E-state index in [0.717, 1.165) is 11.1 Å². The normalized spacial score (nSPS) is 15.1. The monoisotopic (exact) mass is 447 g/mol. The Morgan fingerprint density at radius 3 is 2.72 bits per heavy atom. The number of nitrogens with one attached hydrogen (secondary N) is 1. The quantitative estimate of drug-likeness (QED) is 0.330. The smallest absolute Gasteiger partial charge is 0.279 e. The maximum atomic E-state index is 13.1. The summed E-state index contributed by atoms with van der Waals surface area (Å²) in [5, 5.41) is 3.41. The van der Waals surface area contributed by atoms with Crippen molar-refractivity contribution < 1.29 is 9.53 Å². The van der Waals surface area contributed by atoms with Crippen molar-refractivity contribution in [3.05, 3.63) is 93.8 Å². The summed E-state index contributed by atoms with van der Waals surface area (Å²) in [4.78, 5) is 30.0. The molecule has 3 aromatic rings. The van der Waals surface area contributed by atoms with Crippen LogP contribution in [0.3, 0.4) is 0 Å². The molecule has 2 heterocycles. The van der Waals surface area contributed by atoms with Crippen molar-refractivity contribution in [1.29, 1.82) is 0 Å². The van der Waals surface area contributed by atoms with Gasteiger partial charge in [0.2, 0.25) is 5.91 Å². The lowest BCUT2D eigenvalue weighted by molar-refractivity contribution is -0.116. The lowest BCUT2D eigenvalue weighted by atomic mass is 9.86. The van der Waals surface area contributed by atoms with E-state index >= 15 is 0 Å². The molecular weight excluding hydrogens is 422 g/mol. The molecule has 7 heteroatoms. The molecule has 4 rings (SSSR count). The number of fused-ring (bicyclic) bond motifs is 1. The number of aromatic nitrogens is 2. The minimum atomic E-state index is -0.433. The zero-order valence-corrected chi connectivity index (χ0v) is 18.9. The molecule has 0 radical (unpaired) electrons. The minimum absolute atomic E-state index is 0.142. The Kier molecular flexibility index (Phi) is 6.46. The van der Waals surface area contributed by atoms with E-state index in [0.29, 0.717) is 34.6 Å². The molecule has 6 nitrogen and oxygen atoms in total.